The van der Waals surface area contributed by atoms with Crippen molar-refractivity contribution in [1.82, 2.24) is 0 Å². The fraction of sp³-hybridized carbons (Fsp3) is 0.875. The summed E-state index contributed by atoms with van der Waals surface area (Å²) in [7, 11) is 0. The molecule has 0 saturated carbocycles. The highest BCUT2D eigenvalue weighted by atomic mass is 16.5. The number of nitrogens with two attached hydrogens (primary N) is 1. The first-order valence-electron chi connectivity index (χ1n) is 3.95. The van der Waals surface area contributed by atoms with Crippen LogP contribution in [0.2, 0.25) is 0 Å². The summed E-state index contributed by atoms with van der Waals surface area (Å²) in [4.78, 5) is 11.1. The lowest BCUT2D eigenvalue weighted by molar-refractivity contribution is -0.125. The molecule has 0 unspecified atom stereocenters. The summed E-state index contributed by atoms with van der Waals surface area (Å²) in [5.74, 6) is 0.185. The van der Waals surface area contributed by atoms with E-state index in [1.54, 1.807) is 0 Å². The maximum Gasteiger partial charge on any atom is 0.175 e. The van der Waals surface area contributed by atoms with Crippen molar-refractivity contribution in [3.05, 3.63) is 0 Å². The van der Waals surface area contributed by atoms with Gasteiger partial charge in [0.15, 0.2) is 5.78 Å². The molecule has 1 atom stereocenters. The fourth-order valence-electron chi connectivity index (χ4n) is 0.671. The van der Waals surface area contributed by atoms with Gasteiger partial charge in [0.25, 0.3) is 0 Å². The molecule has 0 rings (SSSR count). The molecule has 0 aromatic carbocycles. The van der Waals surface area contributed by atoms with Crippen LogP contribution in [0.15, 0.2) is 0 Å². The molecule has 11 heavy (non-hydrogen) atoms. The van der Waals surface area contributed by atoms with E-state index in [1.165, 1.54) is 0 Å². The van der Waals surface area contributed by atoms with E-state index in [-0.39, 0.29) is 24.3 Å². The Morgan fingerprint density at radius 2 is 2.09 bits per heavy atom. The van der Waals surface area contributed by atoms with Crippen molar-refractivity contribution in [2.75, 3.05) is 13.2 Å². The van der Waals surface area contributed by atoms with Crippen molar-refractivity contribution in [2.45, 2.75) is 26.8 Å². The first kappa shape index (κ1) is 10.6. The van der Waals surface area contributed by atoms with Crippen molar-refractivity contribution in [3.63, 3.8) is 0 Å². The number of hydrogen-bond donors (Lipinski definition) is 1. The van der Waals surface area contributed by atoms with Crippen LogP contribution in [0.5, 0.6) is 0 Å². The molecule has 0 aromatic rings. The number of carbonyl (C=O) groups is 1. The molecule has 0 aliphatic heterocycles. The summed E-state index contributed by atoms with van der Waals surface area (Å²) in [5, 5.41) is 0. The van der Waals surface area contributed by atoms with Crippen LogP contribution < -0.4 is 5.73 Å². The van der Waals surface area contributed by atoms with Gasteiger partial charge in [0, 0.05) is 6.61 Å². The highest BCUT2D eigenvalue weighted by molar-refractivity contribution is 5.85. The van der Waals surface area contributed by atoms with Crippen molar-refractivity contribution >= 4 is 5.78 Å². The first-order chi connectivity index (χ1) is 5.09. The standard InChI is InChI=1S/C8H17NO2/c1-4-11-5-7(10)8(9)6(2)3/h6,8H,4-5,9H2,1-3H3/t8-/m0/s1. The van der Waals surface area contributed by atoms with E-state index < -0.39 is 0 Å². The molecule has 0 spiro atoms. The third-order valence-corrected chi connectivity index (χ3v) is 1.54. The van der Waals surface area contributed by atoms with Crippen LogP contribution in [0.25, 0.3) is 0 Å². The van der Waals surface area contributed by atoms with Gasteiger partial charge in [0.1, 0.15) is 6.61 Å². The Kier molecular flexibility index (Phi) is 5.07. The zero-order valence-corrected chi connectivity index (χ0v) is 7.46. The molecule has 0 amide bonds. The third-order valence-electron chi connectivity index (χ3n) is 1.54. The lowest BCUT2D eigenvalue weighted by atomic mass is 10.0. The van der Waals surface area contributed by atoms with Gasteiger partial charge in [-0.15, -0.1) is 0 Å². The lowest BCUT2D eigenvalue weighted by Crippen LogP contribution is -2.37. The number of carbonyl (C=O) groups excluding carboxylic acids is 1. The molecule has 0 heterocycles. The summed E-state index contributed by atoms with van der Waals surface area (Å²) < 4.78 is 4.94. The number of ketones is 1. The molecule has 0 aliphatic rings. The molecule has 0 radical (unpaired) electrons. The maximum absolute atomic E-state index is 11.1. The lowest BCUT2D eigenvalue weighted by Gasteiger charge is -2.13. The molecule has 0 saturated heterocycles. The van der Waals surface area contributed by atoms with Crippen molar-refractivity contribution < 1.29 is 9.53 Å². The van der Waals surface area contributed by atoms with Crippen LogP contribution >= 0.6 is 0 Å². The minimum atomic E-state index is -0.374. The molecule has 0 bridgehead atoms. The van der Waals surface area contributed by atoms with Crippen LogP contribution in [-0.4, -0.2) is 25.0 Å². The Bertz CT molecular complexity index is 123. The van der Waals surface area contributed by atoms with Gasteiger partial charge in [-0.05, 0) is 12.8 Å². The van der Waals surface area contributed by atoms with Gasteiger partial charge in [0.05, 0.1) is 6.04 Å². The van der Waals surface area contributed by atoms with Gasteiger partial charge in [0.2, 0.25) is 0 Å². The quantitative estimate of drug-likeness (QED) is 0.638. The average Bonchev–Trinajstić information content (AvgIpc) is 1.98. The first-order valence-corrected chi connectivity index (χ1v) is 3.95. The van der Waals surface area contributed by atoms with Crippen LogP contribution in [0.3, 0.4) is 0 Å². The molecule has 0 aromatic heterocycles. The van der Waals surface area contributed by atoms with E-state index in [4.69, 9.17) is 10.5 Å². The monoisotopic (exact) mass is 159 g/mol. The predicted octanol–water partition coefficient (Wildman–Crippen LogP) is 0.575. The number of rotatable bonds is 5. The van der Waals surface area contributed by atoms with Crippen LogP contribution in [0.4, 0.5) is 0 Å². The van der Waals surface area contributed by atoms with Gasteiger partial charge in [-0.2, -0.15) is 0 Å². The summed E-state index contributed by atoms with van der Waals surface area (Å²) in [6.45, 7) is 6.42. The van der Waals surface area contributed by atoms with Crippen molar-refractivity contribution in [2.24, 2.45) is 11.7 Å². The second-order valence-electron chi connectivity index (χ2n) is 2.87. The second-order valence-corrected chi connectivity index (χ2v) is 2.87. The Balaban J connectivity index is 3.64. The van der Waals surface area contributed by atoms with Gasteiger partial charge in [-0.1, -0.05) is 13.8 Å². The molecule has 66 valence electrons. The third kappa shape index (κ3) is 4.11. The normalized spacial score (nSPS) is 13.5. The van der Waals surface area contributed by atoms with Gasteiger partial charge in [-0.25, -0.2) is 0 Å². The largest absolute Gasteiger partial charge is 0.374 e. The molecule has 0 fully saturated rings. The fourth-order valence-corrected chi connectivity index (χ4v) is 0.671. The van der Waals surface area contributed by atoms with E-state index in [0.717, 1.165) is 0 Å². The van der Waals surface area contributed by atoms with Crippen molar-refractivity contribution in [1.29, 1.82) is 0 Å². The molecule has 0 aliphatic carbocycles. The average molecular weight is 159 g/mol. The van der Waals surface area contributed by atoms with E-state index >= 15 is 0 Å². The number of ether oxygens (including phenoxy) is 1. The zero-order valence-electron chi connectivity index (χ0n) is 7.46. The predicted molar refractivity (Wildman–Crippen MR) is 44.3 cm³/mol. The van der Waals surface area contributed by atoms with Gasteiger partial charge in [-0.3, -0.25) is 4.79 Å². The Morgan fingerprint density at radius 3 is 2.45 bits per heavy atom. The zero-order chi connectivity index (χ0) is 8.85. The van der Waals surface area contributed by atoms with Gasteiger partial charge >= 0.3 is 0 Å². The summed E-state index contributed by atoms with van der Waals surface area (Å²) in [6.07, 6.45) is 0. The van der Waals surface area contributed by atoms with Gasteiger partial charge < -0.3 is 10.5 Å². The minimum Gasteiger partial charge on any atom is -0.374 e. The van der Waals surface area contributed by atoms with Crippen molar-refractivity contribution in [3.8, 4) is 0 Å². The Morgan fingerprint density at radius 1 is 1.55 bits per heavy atom. The molecular weight excluding hydrogens is 142 g/mol. The Hall–Kier alpha value is -0.410. The van der Waals surface area contributed by atoms with E-state index in [2.05, 4.69) is 0 Å². The number of hydrogen-bond acceptors (Lipinski definition) is 3. The van der Waals surface area contributed by atoms with Crippen LogP contribution in [-0.2, 0) is 9.53 Å². The maximum atomic E-state index is 11.1. The highest BCUT2D eigenvalue weighted by Crippen LogP contribution is 1.99. The summed E-state index contributed by atoms with van der Waals surface area (Å²) in [6, 6.07) is -0.374. The SMILES string of the molecule is CCOCC(=O)[C@@H](N)C(C)C. The molecule has 3 nitrogen and oxygen atoms in total. The molecule has 3 heteroatoms. The van der Waals surface area contributed by atoms with E-state index in [9.17, 15) is 4.79 Å². The number of Topliss-reactive ketones (excluding diaryl/α,β-unsaturated/α-hetero) is 1. The van der Waals surface area contributed by atoms with Crippen LogP contribution in [0.1, 0.15) is 20.8 Å². The summed E-state index contributed by atoms with van der Waals surface area (Å²) in [5.41, 5.74) is 5.57. The van der Waals surface area contributed by atoms with E-state index in [0.29, 0.717) is 6.61 Å². The Labute approximate surface area is 67.9 Å². The minimum absolute atomic E-state index is 0.0122. The van der Waals surface area contributed by atoms with Crippen LogP contribution in [0, 0.1) is 5.92 Å². The second kappa shape index (κ2) is 5.27. The molecule has 2 N–H and O–H groups in total. The topological polar surface area (TPSA) is 52.3 Å². The van der Waals surface area contributed by atoms with E-state index in [1.807, 2.05) is 20.8 Å². The highest BCUT2D eigenvalue weighted by Gasteiger charge is 2.16. The summed E-state index contributed by atoms with van der Waals surface area (Å²) >= 11 is 0. The smallest absolute Gasteiger partial charge is 0.175 e. The molecular formula is C8H17NO2.